The number of morpholine rings is 1. The summed E-state index contributed by atoms with van der Waals surface area (Å²) in [5.74, 6) is 2.15. The minimum atomic E-state index is 0.120. The molecule has 0 bridgehead atoms. The van der Waals surface area contributed by atoms with E-state index in [1.54, 1.807) is 25.8 Å². The molecule has 1 aliphatic carbocycles. The minimum absolute atomic E-state index is 0.120. The molecular formula is C24H30N8O2. The molecule has 0 amide bonds. The second-order valence-electron chi connectivity index (χ2n) is 8.53. The van der Waals surface area contributed by atoms with Crippen molar-refractivity contribution in [1.29, 1.82) is 0 Å². The Hall–Kier alpha value is -3.53. The molecule has 2 aromatic rings. The second kappa shape index (κ2) is 10.2. The highest BCUT2D eigenvalue weighted by Crippen LogP contribution is 2.33. The van der Waals surface area contributed by atoms with Gasteiger partial charge >= 0.3 is 0 Å². The fourth-order valence-electron chi connectivity index (χ4n) is 4.64. The number of fused-ring (bicyclic) bond motifs is 1. The summed E-state index contributed by atoms with van der Waals surface area (Å²) in [5, 5.41) is 6.51. The van der Waals surface area contributed by atoms with E-state index >= 15 is 0 Å². The van der Waals surface area contributed by atoms with Crippen molar-refractivity contribution < 1.29 is 9.47 Å². The molecule has 10 nitrogen and oxygen atoms in total. The van der Waals surface area contributed by atoms with Crippen LogP contribution in [0.3, 0.4) is 0 Å². The van der Waals surface area contributed by atoms with E-state index in [-0.39, 0.29) is 12.1 Å². The molecule has 2 N–H and O–H groups in total. The van der Waals surface area contributed by atoms with Crippen LogP contribution in [-0.2, 0) is 4.74 Å². The van der Waals surface area contributed by atoms with Gasteiger partial charge in [0.1, 0.15) is 17.0 Å². The van der Waals surface area contributed by atoms with E-state index < -0.39 is 0 Å². The molecule has 0 spiro atoms. The van der Waals surface area contributed by atoms with Gasteiger partial charge in [-0.05, 0) is 38.5 Å². The number of hydrogen-bond donors (Lipinski definition) is 2. The number of ether oxygens (including phenoxy) is 2. The van der Waals surface area contributed by atoms with Gasteiger partial charge in [-0.15, -0.1) is 0 Å². The van der Waals surface area contributed by atoms with Crippen molar-refractivity contribution in [3.63, 3.8) is 0 Å². The van der Waals surface area contributed by atoms with Crippen LogP contribution in [0.15, 0.2) is 51.0 Å². The molecule has 3 aliphatic rings. The summed E-state index contributed by atoms with van der Waals surface area (Å²) in [6, 6.07) is 4.47. The van der Waals surface area contributed by atoms with Crippen molar-refractivity contribution in [3.8, 4) is 5.75 Å². The molecule has 34 heavy (non-hydrogen) atoms. The third-order valence-electron chi connectivity index (χ3n) is 6.43. The number of aromatic nitrogens is 2. The quantitative estimate of drug-likeness (QED) is 0.634. The fraction of sp³-hybridized carbons (Fsp3) is 0.458. The van der Waals surface area contributed by atoms with Crippen molar-refractivity contribution in [2.75, 3.05) is 38.3 Å². The summed E-state index contributed by atoms with van der Waals surface area (Å²) in [5.41, 5.74) is 3.46. The molecule has 2 fully saturated rings. The molecule has 1 saturated heterocycles. The van der Waals surface area contributed by atoms with Gasteiger partial charge in [-0.1, -0.05) is 0 Å². The third-order valence-corrected chi connectivity index (χ3v) is 6.43. The Bertz CT molecular complexity index is 1130. The Labute approximate surface area is 198 Å². The molecule has 1 aromatic carbocycles. The zero-order valence-corrected chi connectivity index (χ0v) is 19.4. The number of nitrogens with zero attached hydrogens (tertiary/aromatic N) is 6. The first kappa shape index (κ1) is 22.3. The lowest BCUT2D eigenvalue weighted by Crippen LogP contribution is -2.37. The van der Waals surface area contributed by atoms with Crippen LogP contribution in [0.1, 0.15) is 25.7 Å². The molecule has 0 radical (unpaired) electrons. The van der Waals surface area contributed by atoms with Gasteiger partial charge in [0.05, 0.1) is 31.2 Å². The predicted octanol–water partition coefficient (Wildman–Crippen LogP) is 2.28. The summed E-state index contributed by atoms with van der Waals surface area (Å²) < 4.78 is 12.0. The third kappa shape index (κ3) is 4.72. The van der Waals surface area contributed by atoms with Gasteiger partial charge in [-0.3, -0.25) is 9.98 Å². The van der Waals surface area contributed by atoms with E-state index in [4.69, 9.17) is 9.47 Å². The fourth-order valence-corrected chi connectivity index (χ4v) is 4.64. The summed E-state index contributed by atoms with van der Waals surface area (Å²) in [6.07, 6.45) is 8.95. The smallest absolute Gasteiger partial charge is 0.156 e. The molecule has 0 atom stereocenters. The zero-order valence-electron chi connectivity index (χ0n) is 19.4. The number of anilines is 1. The van der Waals surface area contributed by atoms with Crippen molar-refractivity contribution in [2.24, 2.45) is 15.0 Å². The van der Waals surface area contributed by atoms with Crippen LogP contribution < -0.4 is 20.3 Å². The molecule has 0 unspecified atom stereocenters. The van der Waals surface area contributed by atoms with Gasteiger partial charge in [0.25, 0.3) is 0 Å². The van der Waals surface area contributed by atoms with E-state index in [1.165, 1.54) is 0 Å². The van der Waals surface area contributed by atoms with Crippen LogP contribution in [-0.4, -0.2) is 74.4 Å². The predicted molar refractivity (Wildman–Crippen MR) is 134 cm³/mol. The first-order valence-electron chi connectivity index (χ1n) is 11.7. The van der Waals surface area contributed by atoms with Crippen LogP contribution in [0.25, 0.3) is 11.0 Å². The highest BCUT2D eigenvalue weighted by atomic mass is 16.5. The maximum atomic E-state index is 6.53. The Balaban J connectivity index is 1.27. The molecule has 3 heterocycles. The van der Waals surface area contributed by atoms with E-state index in [0.717, 1.165) is 74.5 Å². The average Bonchev–Trinajstić information content (AvgIpc) is 3.37. The number of aliphatic imine (C=N–C) groups is 3. The van der Waals surface area contributed by atoms with Crippen molar-refractivity contribution in [2.45, 2.75) is 37.8 Å². The molecule has 2 aliphatic heterocycles. The normalized spacial score (nSPS) is 25.3. The minimum Gasteiger partial charge on any atom is -0.488 e. The van der Waals surface area contributed by atoms with Gasteiger partial charge in [0, 0.05) is 50.3 Å². The first-order chi connectivity index (χ1) is 16.7. The largest absolute Gasteiger partial charge is 0.488 e. The van der Waals surface area contributed by atoms with E-state index in [2.05, 4.69) is 59.3 Å². The maximum absolute atomic E-state index is 6.53. The number of amidine groups is 1. The van der Waals surface area contributed by atoms with Gasteiger partial charge in [0.15, 0.2) is 11.7 Å². The molecular weight excluding hydrogens is 432 g/mol. The Morgan fingerprint density at radius 3 is 2.74 bits per heavy atom. The van der Waals surface area contributed by atoms with Crippen LogP contribution in [0.2, 0.25) is 0 Å². The second-order valence-corrected chi connectivity index (χ2v) is 8.53. The average molecular weight is 463 g/mol. The topological polar surface area (TPSA) is 109 Å². The summed E-state index contributed by atoms with van der Waals surface area (Å²) >= 11 is 0. The first-order valence-corrected chi connectivity index (χ1v) is 11.7. The molecule has 5 rings (SSSR count). The van der Waals surface area contributed by atoms with E-state index in [9.17, 15) is 0 Å². The Morgan fingerprint density at radius 1 is 1.18 bits per heavy atom. The standard InChI is InChI=1S/C24H30N8O2/c1-25-23-22(29-15-30-23)24(26-2)31-16-3-5-18(6-4-16)34-20-14-17(32-9-11-33-12-10-32)13-19-21(20)28-8-7-27-19/h7-8,13-16,18,31H,2-6,9-12H2,1H3,(H,25,29,30)/b24-22-/t16-,18+. The lowest BCUT2D eigenvalue weighted by atomic mass is 9.93. The molecule has 10 heteroatoms. The lowest BCUT2D eigenvalue weighted by Gasteiger charge is -2.32. The maximum Gasteiger partial charge on any atom is 0.156 e. The number of benzene rings is 1. The number of hydrogen-bond acceptors (Lipinski definition) is 9. The molecule has 1 saturated carbocycles. The van der Waals surface area contributed by atoms with E-state index in [0.29, 0.717) is 17.4 Å². The summed E-state index contributed by atoms with van der Waals surface area (Å²) in [6.45, 7) is 6.90. The van der Waals surface area contributed by atoms with Crippen LogP contribution in [0.4, 0.5) is 5.69 Å². The Morgan fingerprint density at radius 2 is 1.97 bits per heavy atom. The van der Waals surface area contributed by atoms with Gasteiger partial charge in [-0.2, -0.15) is 0 Å². The van der Waals surface area contributed by atoms with Gasteiger partial charge < -0.3 is 25.0 Å². The van der Waals surface area contributed by atoms with Crippen LogP contribution >= 0.6 is 0 Å². The van der Waals surface area contributed by atoms with Crippen molar-refractivity contribution in [3.05, 3.63) is 36.0 Å². The van der Waals surface area contributed by atoms with Gasteiger partial charge in [-0.25, -0.2) is 15.0 Å². The molecule has 1 aromatic heterocycles. The van der Waals surface area contributed by atoms with Gasteiger partial charge in [0.2, 0.25) is 0 Å². The summed E-state index contributed by atoms with van der Waals surface area (Å²) in [4.78, 5) is 24.1. The van der Waals surface area contributed by atoms with E-state index in [1.807, 2.05) is 0 Å². The SMILES string of the molecule is C=N/C(N[C@H]1CC[C@@H](Oc2cc(N3CCOCC3)cc3nccnc23)CC1)=C1/N=CN/C1=N/C. The highest BCUT2D eigenvalue weighted by Gasteiger charge is 2.26. The van der Waals surface area contributed by atoms with Crippen molar-refractivity contribution >= 4 is 35.6 Å². The number of rotatable bonds is 6. The Kier molecular flexibility index (Phi) is 6.66. The van der Waals surface area contributed by atoms with Crippen LogP contribution in [0, 0.1) is 0 Å². The van der Waals surface area contributed by atoms with Crippen LogP contribution in [0.5, 0.6) is 5.75 Å². The lowest BCUT2D eigenvalue weighted by molar-refractivity contribution is 0.122. The zero-order chi connectivity index (χ0) is 23.3. The summed E-state index contributed by atoms with van der Waals surface area (Å²) in [7, 11) is 1.72. The molecule has 178 valence electrons. The van der Waals surface area contributed by atoms with Crippen molar-refractivity contribution in [1.82, 2.24) is 20.6 Å². The monoisotopic (exact) mass is 462 g/mol. The number of nitrogens with one attached hydrogen (secondary N) is 2. The highest BCUT2D eigenvalue weighted by molar-refractivity contribution is 6.09.